The first kappa shape index (κ1) is 12.6. The molecule has 0 aliphatic carbocycles. The highest BCUT2D eigenvalue weighted by atomic mass is 16.5. The number of carboxylic acid groups (broad SMARTS) is 1. The van der Waals surface area contributed by atoms with Gasteiger partial charge in [0.15, 0.2) is 5.69 Å². The monoisotopic (exact) mass is 252 g/mol. The van der Waals surface area contributed by atoms with Crippen molar-refractivity contribution in [2.75, 3.05) is 13.1 Å². The highest BCUT2D eigenvalue weighted by Gasteiger charge is 2.28. The first-order valence-corrected chi connectivity index (χ1v) is 6.11. The van der Waals surface area contributed by atoms with Gasteiger partial charge in [-0.3, -0.25) is 4.79 Å². The van der Waals surface area contributed by atoms with Gasteiger partial charge in [-0.15, -0.1) is 0 Å². The van der Waals surface area contributed by atoms with E-state index in [0.717, 1.165) is 25.8 Å². The number of aromatic carboxylic acids is 1. The van der Waals surface area contributed by atoms with Crippen LogP contribution in [0, 0.1) is 5.92 Å². The smallest absolute Gasteiger partial charge is 0.374 e. The predicted octanol–water partition coefficient (Wildman–Crippen LogP) is 1.64. The molecule has 2 heterocycles. The average molecular weight is 252 g/mol. The van der Waals surface area contributed by atoms with E-state index in [2.05, 4.69) is 16.6 Å². The molecule has 1 unspecified atom stereocenters. The third-order valence-corrected chi connectivity index (χ3v) is 3.21. The van der Waals surface area contributed by atoms with Crippen LogP contribution in [0.15, 0.2) is 10.6 Å². The van der Waals surface area contributed by atoms with Crippen molar-refractivity contribution >= 4 is 11.9 Å². The van der Waals surface area contributed by atoms with E-state index >= 15 is 0 Å². The number of carbonyl (C=O) groups excluding carboxylic acids is 1. The van der Waals surface area contributed by atoms with Crippen molar-refractivity contribution in [2.24, 2.45) is 5.92 Å². The highest BCUT2D eigenvalue weighted by Crippen LogP contribution is 2.22. The van der Waals surface area contributed by atoms with Gasteiger partial charge in [0.1, 0.15) is 0 Å². The Balaban J connectivity index is 2.01. The number of nitrogens with zero attached hydrogens (tertiary/aromatic N) is 2. The zero-order chi connectivity index (χ0) is 13.1. The van der Waals surface area contributed by atoms with Crippen LogP contribution in [0.3, 0.4) is 0 Å². The molecule has 6 nitrogen and oxygen atoms in total. The summed E-state index contributed by atoms with van der Waals surface area (Å²) in [6.07, 6.45) is 3.23. The largest absolute Gasteiger partial charge is 0.475 e. The molecule has 1 aromatic rings. The molecule has 1 saturated heterocycles. The van der Waals surface area contributed by atoms with E-state index in [4.69, 9.17) is 5.11 Å². The minimum absolute atomic E-state index is 0.0737. The second kappa shape index (κ2) is 5.20. The average Bonchev–Trinajstić information content (AvgIpc) is 2.97. The van der Waals surface area contributed by atoms with Gasteiger partial charge >= 0.3 is 5.97 Å². The lowest BCUT2D eigenvalue weighted by Crippen LogP contribution is -2.28. The summed E-state index contributed by atoms with van der Waals surface area (Å²) in [6.45, 7) is 3.56. The number of aromatic nitrogens is 1. The molecule has 0 bridgehead atoms. The van der Waals surface area contributed by atoms with Gasteiger partial charge < -0.3 is 14.5 Å². The van der Waals surface area contributed by atoms with Crippen LogP contribution >= 0.6 is 0 Å². The molecule has 1 aliphatic rings. The minimum atomic E-state index is -1.22. The molecule has 6 heteroatoms. The molecule has 2 rings (SSSR count). The van der Waals surface area contributed by atoms with Gasteiger partial charge in [0, 0.05) is 19.2 Å². The second-order valence-corrected chi connectivity index (χ2v) is 4.58. The molecular formula is C12H16N2O4. The molecule has 1 atom stereocenters. The van der Waals surface area contributed by atoms with Crippen molar-refractivity contribution in [2.45, 2.75) is 26.2 Å². The maximum absolute atomic E-state index is 12.0. The molecule has 0 radical (unpaired) electrons. The Bertz CT molecular complexity index is 455. The zero-order valence-electron chi connectivity index (χ0n) is 10.3. The summed E-state index contributed by atoms with van der Waals surface area (Å²) in [6, 6.07) is 1.18. The quantitative estimate of drug-likeness (QED) is 0.880. The fourth-order valence-corrected chi connectivity index (χ4v) is 2.30. The standard InChI is InChI=1S/C12H16N2O4/c1-2-3-8-4-5-14(7-8)11(15)9-6-10(12(16)17)18-13-9/h6,8H,2-5,7H2,1H3,(H,16,17). The molecule has 1 aromatic heterocycles. The van der Waals surface area contributed by atoms with Gasteiger partial charge in [0.2, 0.25) is 5.76 Å². The van der Waals surface area contributed by atoms with Crippen molar-refractivity contribution in [1.82, 2.24) is 10.1 Å². The van der Waals surface area contributed by atoms with Crippen LogP contribution < -0.4 is 0 Å². The molecule has 1 fully saturated rings. The predicted molar refractivity (Wildman–Crippen MR) is 62.4 cm³/mol. The van der Waals surface area contributed by atoms with E-state index in [1.807, 2.05) is 0 Å². The highest BCUT2D eigenvalue weighted by molar-refractivity contribution is 5.94. The van der Waals surface area contributed by atoms with Gasteiger partial charge in [0.25, 0.3) is 5.91 Å². The Labute approximate surface area is 105 Å². The van der Waals surface area contributed by atoms with Crippen molar-refractivity contribution in [3.63, 3.8) is 0 Å². The molecule has 0 saturated carbocycles. The van der Waals surface area contributed by atoms with E-state index in [0.29, 0.717) is 12.5 Å². The lowest BCUT2D eigenvalue weighted by molar-refractivity contribution is 0.0649. The summed E-state index contributed by atoms with van der Waals surface area (Å²) in [4.78, 5) is 24.4. The Morgan fingerprint density at radius 2 is 2.39 bits per heavy atom. The van der Waals surface area contributed by atoms with Crippen molar-refractivity contribution in [3.05, 3.63) is 17.5 Å². The summed E-state index contributed by atoms with van der Waals surface area (Å²) < 4.78 is 4.58. The number of hydrogen-bond donors (Lipinski definition) is 1. The van der Waals surface area contributed by atoms with Gasteiger partial charge in [-0.2, -0.15) is 0 Å². The topological polar surface area (TPSA) is 83.6 Å². The maximum Gasteiger partial charge on any atom is 0.374 e. The fraction of sp³-hybridized carbons (Fsp3) is 0.583. The van der Waals surface area contributed by atoms with Crippen LogP contribution in [0.5, 0.6) is 0 Å². The first-order chi connectivity index (χ1) is 8.61. The Kier molecular flexibility index (Phi) is 3.64. The zero-order valence-corrected chi connectivity index (χ0v) is 10.3. The Morgan fingerprint density at radius 3 is 3.00 bits per heavy atom. The molecule has 1 N–H and O–H groups in total. The minimum Gasteiger partial charge on any atom is -0.475 e. The fourth-order valence-electron chi connectivity index (χ4n) is 2.30. The summed E-state index contributed by atoms with van der Waals surface area (Å²) >= 11 is 0. The van der Waals surface area contributed by atoms with Crippen LogP contribution in [-0.4, -0.2) is 40.1 Å². The first-order valence-electron chi connectivity index (χ1n) is 6.11. The van der Waals surface area contributed by atoms with Crippen LogP contribution in [0.25, 0.3) is 0 Å². The molecule has 0 aromatic carbocycles. The summed E-state index contributed by atoms with van der Waals surface area (Å²) in [5.74, 6) is -1.22. The van der Waals surface area contributed by atoms with Crippen LogP contribution in [-0.2, 0) is 0 Å². The van der Waals surface area contributed by atoms with Gasteiger partial charge in [0.05, 0.1) is 0 Å². The molecule has 18 heavy (non-hydrogen) atoms. The number of likely N-dealkylation sites (tertiary alicyclic amines) is 1. The second-order valence-electron chi connectivity index (χ2n) is 4.58. The van der Waals surface area contributed by atoms with E-state index in [1.165, 1.54) is 6.07 Å². The van der Waals surface area contributed by atoms with Gasteiger partial charge in [-0.25, -0.2) is 4.79 Å². The SMILES string of the molecule is CCCC1CCN(C(=O)c2cc(C(=O)O)on2)C1. The lowest BCUT2D eigenvalue weighted by Gasteiger charge is -2.14. The van der Waals surface area contributed by atoms with Crippen LogP contribution in [0.2, 0.25) is 0 Å². The van der Waals surface area contributed by atoms with Gasteiger partial charge in [-0.1, -0.05) is 18.5 Å². The van der Waals surface area contributed by atoms with Gasteiger partial charge in [-0.05, 0) is 18.8 Å². The van der Waals surface area contributed by atoms with Crippen LogP contribution in [0.1, 0.15) is 47.2 Å². The lowest BCUT2D eigenvalue weighted by atomic mass is 10.0. The summed E-state index contributed by atoms with van der Waals surface area (Å²) in [7, 11) is 0. The van der Waals surface area contributed by atoms with Crippen LogP contribution in [0.4, 0.5) is 0 Å². The molecule has 0 spiro atoms. The Morgan fingerprint density at radius 1 is 1.61 bits per heavy atom. The molecule has 1 aliphatic heterocycles. The van der Waals surface area contributed by atoms with E-state index in [9.17, 15) is 9.59 Å². The third kappa shape index (κ3) is 2.52. The number of amides is 1. The Hall–Kier alpha value is -1.85. The third-order valence-electron chi connectivity index (χ3n) is 3.21. The number of carboxylic acids is 1. The number of carbonyl (C=O) groups is 2. The normalized spacial score (nSPS) is 19.2. The van der Waals surface area contributed by atoms with E-state index in [1.54, 1.807) is 4.90 Å². The van der Waals surface area contributed by atoms with E-state index < -0.39 is 5.97 Å². The molecule has 98 valence electrons. The number of rotatable bonds is 4. The van der Waals surface area contributed by atoms with Crippen molar-refractivity contribution in [3.8, 4) is 0 Å². The van der Waals surface area contributed by atoms with Crippen molar-refractivity contribution < 1.29 is 19.2 Å². The van der Waals surface area contributed by atoms with E-state index in [-0.39, 0.29) is 17.4 Å². The number of hydrogen-bond acceptors (Lipinski definition) is 4. The van der Waals surface area contributed by atoms with Crippen molar-refractivity contribution in [1.29, 1.82) is 0 Å². The summed E-state index contributed by atoms with van der Waals surface area (Å²) in [5, 5.41) is 12.2. The molecular weight excluding hydrogens is 236 g/mol. The molecule has 1 amide bonds. The summed E-state index contributed by atoms with van der Waals surface area (Å²) in [5.41, 5.74) is 0.0737. The maximum atomic E-state index is 12.0.